The van der Waals surface area contributed by atoms with Gasteiger partial charge < -0.3 is 11.1 Å². The molecule has 0 aliphatic carbocycles. The van der Waals surface area contributed by atoms with Gasteiger partial charge in [0.05, 0.1) is 11.0 Å². The predicted octanol–water partition coefficient (Wildman–Crippen LogP) is 3.41. The zero-order chi connectivity index (χ0) is 15.8. The minimum Gasteiger partial charge on any atom is -0.326 e. The van der Waals surface area contributed by atoms with Crippen molar-refractivity contribution in [3.05, 3.63) is 29.8 Å². The zero-order valence-electron chi connectivity index (χ0n) is 11.9. The van der Waals surface area contributed by atoms with Crippen LogP contribution >= 0.6 is 0 Å². The smallest absolute Gasteiger partial charge is 0.326 e. The van der Waals surface area contributed by atoms with Crippen molar-refractivity contribution in [1.29, 1.82) is 0 Å². The lowest BCUT2D eigenvalue weighted by atomic mass is 9.74. The van der Waals surface area contributed by atoms with Crippen molar-refractivity contribution in [2.75, 3.05) is 5.32 Å². The van der Waals surface area contributed by atoms with Gasteiger partial charge in [0.25, 0.3) is 0 Å². The monoisotopic (exact) mass is 288 g/mol. The molecule has 0 saturated heterocycles. The number of halogens is 3. The number of carbonyl (C=O) groups excluding carboxylic acids is 1. The highest BCUT2D eigenvalue weighted by molar-refractivity contribution is 5.95. The molecule has 0 aliphatic heterocycles. The van der Waals surface area contributed by atoms with Crippen molar-refractivity contribution in [3.63, 3.8) is 0 Å². The van der Waals surface area contributed by atoms with E-state index in [9.17, 15) is 18.0 Å². The molecule has 0 saturated carbocycles. The van der Waals surface area contributed by atoms with Crippen LogP contribution in [0.5, 0.6) is 0 Å². The van der Waals surface area contributed by atoms with Gasteiger partial charge in [-0.15, -0.1) is 0 Å². The van der Waals surface area contributed by atoms with Crippen molar-refractivity contribution in [2.45, 2.75) is 39.4 Å². The van der Waals surface area contributed by atoms with E-state index in [1.54, 1.807) is 27.7 Å². The van der Waals surface area contributed by atoms with Crippen LogP contribution in [0.3, 0.4) is 0 Å². The number of amides is 1. The number of hydrogen-bond donors (Lipinski definition) is 2. The van der Waals surface area contributed by atoms with E-state index in [-0.39, 0.29) is 5.91 Å². The second-order valence-electron chi connectivity index (χ2n) is 5.88. The lowest BCUT2D eigenvalue weighted by Crippen LogP contribution is -2.53. The van der Waals surface area contributed by atoms with Crippen molar-refractivity contribution in [2.24, 2.45) is 11.1 Å². The minimum absolute atomic E-state index is 0.306. The molecule has 1 aromatic rings. The number of rotatable bonds is 3. The Bertz CT molecular complexity index is 485. The summed E-state index contributed by atoms with van der Waals surface area (Å²) >= 11 is 0. The Morgan fingerprint density at radius 3 is 1.85 bits per heavy atom. The first-order valence-corrected chi connectivity index (χ1v) is 6.13. The SMILES string of the molecule is CC(C)(N)C(C)(C)C(=O)Nc1ccc(C(F)(F)F)cc1. The molecule has 1 aromatic carbocycles. The first-order valence-electron chi connectivity index (χ1n) is 6.13. The van der Waals surface area contributed by atoms with Crippen LogP contribution in [0.25, 0.3) is 0 Å². The molecule has 0 spiro atoms. The van der Waals surface area contributed by atoms with Gasteiger partial charge in [-0.1, -0.05) is 0 Å². The molecule has 0 radical (unpaired) electrons. The largest absolute Gasteiger partial charge is 0.416 e. The molecule has 3 nitrogen and oxygen atoms in total. The van der Waals surface area contributed by atoms with Crippen LogP contribution in [-0.2, 0) is 11.0 Å². The number of anilines is 1. The van der Waals surface area contributed by atoms with Crippen LogP contribution in [0, 0.1) is 5.41 Å². The van der Waals surface area contributed by atoms with E-state index in [0.29, 0.717) is 5.69 Å². The molecular weight excluding hydrogens is 269 g/mol. The Hall–Kier alpha value is -1.56. The van der Waals surface area contributed by atoms with E-state index in [1.165, 1.54) is 12.1 Å². The standard InChI is InChI=1S/C14H19F3N2O/c1-12(2,13(3,4)18)11(20)19-10-7-5-9(6-8-10)14(15,16)17/h5-8H,18H2,1-4H3,(H,19,20). The Balaban J connectivity index is 2.88. The molecule has 20 heavy (non-hydrogen) atoms. The fraction of sp³-hybridized carbons (Fsp3) is 0.500. The summed E-state index contributed by atoms with van der Waals surface area (Å²) in [7, 11) is 0. The fourth-order valence-electron chi connectivity index (χ4n) is 1.32. The van der Waals surface area contributed by atoms with Crippen molar-refractivity contribution in [3.8, 4) is 0 Å². The summed E-state index contributed by atoms with van der Waals surface area (Å²) in [5, 5.41) is 2.58. The van der Waals surface area contributed by atoms with Crippen LogP contribution < -0.4 is 11.1 Å². The lowest BCUT2D eigenvalue weighted by Gasteiger charge is -2.36. The number of benzene rings is 1. The first-order chi connectivity index (χ1) is 8.85. The molecule has 0 unspecified atom stereocenters. The van der Waals surface area contributed by atoms with Gasteiger partial charge in [-0.3, -0.25) is 4.79 Å². The van der Waals surface area contributed by atoms with Gasteiger partial charge in [0.2, 0.25) is 5.91 Å². The molecule has 0 heterocycles. The summed E-state index contributed by atoms with van der Waals surface area (Å²) in [6.07, 6.45) is -4.39. The zero-order valence-corrected chi connectivity index (χ0v) is 11.9. The van der Waals surface area contributed by atoms with Gasteiger partial charge in [-0.25, -0.2) is 0 Å². The highest BCUT2D eigenvalue weighted by Gasteiger charge is 2.40. The molecule has 1 rings (SSSR count). The number of alkyl halides is 3. The van der Waals surface area contributed by atoms with Crippen LogP contribution in [0.2, 0.25) is 0 Å². The fourth-order valence-corrected chi connectivity index (χ4v) is 1.32. The summed E-state index contributed by atoms with van der Waals surface area (Å²) in [6.45, 7) is 6.82. The summed E-state index contributed by atoms with van der Waals surface area (Å²) in [5.41, 5.74) is 3.86. The van der Waals surface area contributed by atoms with Crippen LogP contribution in [0.4, 0.5) is 18.9 Å². The molecule has 6 heteroatoms. The summed E-state index contributed by atoms with van der Waals surface area (Å²) in [6, 6.07) is 4.30. The van der Waals surface area contributed by atoms with Gasteiger partial charge in [-0.05, 0) is 52.0 Å². The van der Waals surface area contributed by atoms with Crippen molar-refractivity contribution < 1.29 is 18.0 Å². The molecule has 0 aliphatic rings. The topological polar surface area (TPSA) is 55.1 Å². The Morgan fingerprint density at radius 2 is 1.50 bits per heavy atom. The van der Waals surface area contributed by atoms with Gasteiger partial charge in [0.15, 0.2) is 0 Å². The predicted molar refractivity (Wildman–Crippen MR) is 72.1 cm³/mol. The third kappa shape index (κ3) is 3.50. The molecule has 112 valence electrons. The Morgan fingerprint density at radius 1 is 1.05 bits per heavy atom. The van der Waals surface area contributed by atoms with E-state index in [0.717, 1.165) is 12.1 Å². The second kappa shape index (κ2) is 5.09. The quantitative estimate of drug-likeness (QED) is 0.895. The minimum atomic E-state index is -4.39. The molecule has 0 atom stereocenters. The summed E-state index contributed by atoms with van der Waals surface area (Å²) in [5.74, 6) is -0.343. The molecule has 3 N–H and O–H groups in total. The van der Waals surface area contributed by atoms with Gasteiger partial charge >= 0.3 is 6.18 Å². The molecule has 0 fully saturated rings. The molecule has 0 aromatic heterocycles. The van der Waals surface area contributed by atoms with Gasteiger partial charge in [-0.2, -0.15) is 13.2 Å². The third-order valence-electron chi connectivity index (χ3n) is 3.65. The summed E-state index contributed by atoms with van der Waals surface area (Å²) < 4.78 is 37.3. The Labute approximate surface area is 116 Å². The second-order valence-corrected chi connectivity index (χ2v) is 5.88. The molecule has 0 bridgehead atoms. The van der Waals surface area contributed by atoms with Crippen LogP contribution in [0.15, 0.2) is 24.3 Å². The molecular formula is C14H19F3N2O. The Kier molecular flexibility index (Phi) is 4.20. The number of hydrogen-bond acceptors (Lipinski definition) is 2. The van der Waals surface area contributed by atoms with Crippen molar-refractivity contribution in [1.82, 2.24) is 0 Å². The number of carbonyl (C=O) groups is 1. The van der Waals surface area contributed by atoms with E-state index >= 15 is 0 Å². The average molecular weight is 288 g/mol. The lowest BCUT2D eigenvalue weighted by molar-refractivity contribution is -0.137. The van der Waals surface area contributed by atoms with E-state index < -0.39 is 22.7 Å². The van der Waals surface area contributed by atoms with Crippen LogP contribution in [-0.4, -0.2) is 11.4 Å². The van der Waals surface area contributed by atoms with E-state index in [1.807, 2.05) is 0 Å². The maximum atomic E-state index is 12.4. The van der Waals surface area contributed by atoms with Gasteiger partial charge in [0, 0.05) is 11.2 Å². The first kappa shape index (κ1) is 16.5. The number of nitrogens with two attached hydrogens (primary N) is 1. The van der Waals surface area contributed by atoms with E-state index in [4.69, 9.17) is 5.73 Å². The highest BCUT2D eigenvalue weighted by Crippen LogP contribution is 2.32. The number of nitrogens with one attached hydrogen (secondary N) is 1. The maximum absolute atomic E-state index is 12.4. The third-order valence-corrected chi connectivity index (χ3v) is 3.65. The van der Waals surface area contributed by atoms with Crippen molar-refractivity contribution >= 4 is 11.6 Å². The average Bonchev–Trinajstić information content (AvgIpc) is 2.26. The van der Waals surface area contributed by atoms with E-state index in [2.05, 4.69) is 5.32 Å². The van der Waals surface area contributed by atoms with Crippen LogP contribution in [0.1, 0.15) is 33.3 Å². The van der Waals surface area contributed by atoms with Gasteiger partial charge in [0.1, 0.15) is 0 Å². The maximum Gasteiger partial charge on any atom is 0.416 e. The summed E-state index contributed by atoms with van der Waals surface area (Å²) in [4.78, 5) is 12.1. The highest BCUT2D eigenvalue weighted by atomic mass is 19.4. The molecule has 1 amide bonds. The normalized spacial score (nSPS) is 13.2.